The summed E-state index contributed by atoms with van der Waals surface area (Å²) in [4.78, 5) is 11.4. The molecule has 0 bridgehead atoms. The number of nitrogens with zero attached hydrogens (tertiary/aromatic N) is 1. The molecule has 0 unspecified atom stereocenters. The fraction of sp³-hybridized carbons (Fsp3) is 0.167. The zero-order valence-corrected chi connectivity index (χ0v) is 13.8. The highest BCUT2D eigenvalue weighted by Crippen LogP contribution is 2.29. The van der Waals surface area contributed by atoms with E-state index in [0.717, 1.165) is 5.52 Å². The summed E-state index contributed by atoms with van der Waals surface area (Å²) in [5, 5.41) is 10.3. The highest BCUT2D eigenvalue weighted by atomic mass is 35.5. The van der Waals surface area contributed by atoms with E-state index in [-0.39, 0.29) is 5.56 Å². The van der Waals surface area contributed by atoms with Crippen LogP contribution in [-0.4, -0.2) is 29.4 Å². The molecule has 0 atom stereocenters. The Balaban J connectivity index is 1.83. The minimum Gasteiger partial charge on any atom is -0.493 e. The molecule has 1 N–H and O–H groups in total. The van der Waals surface area contributed by atoms with Crippen molar-refractivity contribution in [3.05, 3.63) is 59.2 Å². The lowest BCUT2D eigenvalue weighted by Crippen LogP contribution is -2.08. The summed E-state index contributed by atoms with van der Waals surface area (Å²) in [6, 6.07) is 12.7. The number of para-hydroxylation sites is 2. The Morgan fingerprint density at radius 2 is 1.92 bits per heavy atom. The van der Waals surface area contributed by atoms with Gasteiger partial charge in [-0.2, -0.15) is 0 Å². The lowest BCUT2D eigenvalue weighted by Gasteiger charge is -2.11. The molecular weight excluding hydrogens is 330 g/mol. The molecule has 24 heavy (non-hydrogen) atoms. The maximum absolute atomic E-state index is 11.4. The molecule has 0 aliphatic heterocycles. The molecule has 0 saturated heterocycles. The van der Waals surface area contributed by atoms with Crippen LogP contribution >= 0.6 is 11.6 Å². The molecule has 124 valence electrons. The lowest BCUT2D eigenvalue weighted by molar-refractivity contribution is 0.0698. The molecule has 0 saturated carbocycles. The van der Waals surface area contributed by atoms with E-state index >= 15 is 0 Å². The van der Waals surface area contributed by atoms with Gasteiger partial charge in [-0.3, -0.25) is 0 Å². The van der Waals surface area contributed by atoms with Gasteiger partial charge in [-0.25, -0.2) is 4.79 Å². The molecule has 0 aliphatic carbocycles. The first kappa shape index (κ1) is 16.2. The van der Waals surface area contributed by atoms with Crippen LogP contribution in [0, 0.1) is 0 Å². The van der Waals surface area contributed by atoms with Crippen LogP contribution in [0.4, 0.5) is 0 Å². The second-order valence-electron chi connectivity index (χ2n) is 5.17. The summed E-state index contributed by atoms with van der Waals surface area (Å²) < 4.78 is 12.8. The number of ether oxygens (including phenoxy) is 2. The number of methoxy groups -OCH3 is 1. The number of hydrogen-bond donors (Lipinski definition) is 1. The SMILES string of the molecule is COc1ccccc1OCCn1cc(C(=O)O)c2c(Cl)cccc21. The van der Waals surface area contributed by atoms with Crippen molar-refractivity contribution in [1.82, 2.24) is 4.57 Å². The van der Waals surface area contributed by atoms with Crippen LogP contribution in [0.15, 0.2) is 48.7 Å². The van der Waals surface area contributed by atoms with E-state index in [4.69, 9.17) is 21.1 Å². The number of hydrogen-bond acceptors (Lipinski definition) is 3. The number of carboxylic acid groups (broad SMARTS) is 1. The summed E-state index contributed by atoms with van der Waals surface area (Å²) >= 11 is 6.16. The number of carbonyl (C=O) groups is 1. The van der Waals surface area contributed by atoms with Gasteiger partial charge in [-0.05, 0) is 24.3 Å². The van der Waals surface area contributed by atoms with Gasteiger partial charge < -0.3 is 19.1 Å². The molecular formula is C18H16ClNO4. The number of halogens is 1. The van der Waals surface area contributed by atoms with Gasteiger partial charge in [0, 0.05) is 11.6 Å². The average Bonchev–Trinajstić information content (AvgIpc) is 2.96. The lowest BCUT2D eigenvalue weighted by atomic mass is 10.2. The van der Waals surface area contributed by atoms with Crippen molar-refractivity contribution in [2.45, 2.75) is 6.54 Å². The van der Waals surface area contributed by atoms with Gasteiger partial charge in [-0.1, -0.05) is 29.8 Å². The van der Waals surface area contributed by atoms with E-state index in [1.165, 1.54) is 0 Å². The third-order valence-corrected chi connectivity index (χ3v) is 4.06. The van der Waals surface area contributed by atoms with Crippen LogP contribution in [0.25, 0.3) is 10.9 Å². The highest BCUT2D eigenvalue weighted by molar-refractivity contribution is 6.36. The molecule has 0 amide bonds. The normalized spacial score (nSPS) is 10.8. The van der Waals surface area contributed by atoms with E-state index < -0.39 is 5.97 Å². The molecule has 0 radical (unpaired) electrons. The molecule has 3 aromatic rings. The average molecular weight is 346 g/mol. The van der Waals surface area contributed by atoms with Crippen LogP contribution in [-0.2, 0) is 6.54 Å². The summed E-state index contributed by atoms with van der Waals surface area (Å²) in [6.45, 7) is 0.859. The topological polar surface area (TPSA) is 60.7 Å². The molecule has 3 rings (SSSR count). The van der Waals surface area contributed by atoms with Crippen LogP contribution in [0.3, 0.4) is 0 Å². The van der Waals surface area contributed by atoms with Gasteiger partial charge in [-0.15, -0.1) is 0 Å². The minimum absolute atomic E-state index is 0.188. The van der Waals surface area contributed by atoms with Crippen LogP contribution in [0.2, 0.25) is 5.02 Å². The smallest absolute Gasteiger partial charge is 0.337 e. The third-order valence-electron chi connectivity index (χ3n) is 3.74. The standard InChI is InChI=1S/C18H16ClNO4/c1-23-15-7-2-3-8-16(15)24-10-9-20-11-12(18(21)22)17-13(19)5-4-6-14(17)20/h2-8,11H,9-10H2,1H3,(H,21,22). The number of aromatic carboxylic acids is 1. The second-order valence-corrected chi connectivity index (χ2v) is 5.58. The van der Waals surface area contributed by atoms with Gasteiger partial charge in [0.1, 0.15) is 6.61 Å². The highest BCUT2D eigenvalue weighted by Gasteiger charge is 2.16. The van der Waals surface area contributed by atoms with Crippen molar-refractivity contribution in [2.24, 2.45) is 0 Å². The van der Waals surface area contributed by atoms with Crippen LogP contribution in [0.1, 0.15) is 10.4 Å². The predicted molar refractivity (Wildman–Crippen MR) is 92.4 cm³/mol. The summed E-state index contributed by atoms with van der Waals surface area (Å²) in [5.41, 5.74) is 0.955. The maximum Gasteiger partial charge on any atom is 0.337 e. The second kappa shape index (κ2) is 6.84. The van der Waals surface area contributed by atoms with Crippen molar-refractivity contribution in [2.75, 3.05) is 13.7 Å². The molecule has 2 aromatic carbocycles. The van der Waals surface area contributed by atoms with E-state index in [1.54, 1.807) is 25.4 Å². The third kappa shape index (κ3) is 3.03. The van der Waals surface area contributed by atoms with E-state index in [2.05, 4.69) is 0 Å². The van der Waals surface area contributed by atoms with Crippen LogP contribution in [0.5, 0.6) is 11.5 Å². The molecule has 6 heteroatoms. The summed E-state index contributed by atoms with van der Waals surface area (Å²) in [5.74, 6) is 0.301. The largest absolute Gasteiger partial charge is 0.493 e. The Bertz CT molecular complexity index is 888. The molecule has 0 spiro atoms. The number of carboxylic acids is 1. The Hall–Kier alpha value is -2.66. The Kier molecular flexibility index (Phi) is 4.62. The number of aromatic nitrogens is 1. The Morgan fingerprint density at radius 3 is 2.62 bits per heavy atom. The number of benzene rings is 2. The van der Waals surface area contributed by atoms with Crippen molar-refractivity contribution < 1.29 is 19.4 Å². The van der Waals surface area contributed by atoms with Gasteiger partial charge in [0.15, 0.2) is 11.5 Å². The first-order chi connectivity index (χ1) is 11.6. The molecule has 0 aliphatic rings. The molecule has 5 nitrogen and oxygen atoms in total. The van der Waals surface area contributed by atoms with E-state index in [0.29, 0.717) is 35.1 Å². The minimum atomic E-state index is -1.00. The van der Waals surface area contributed by atoms with Gasteiger partial charge in [0.05, 0.1) is 29.8 Å². The molecule has 1 heterocycles. The van der Waals surface area contributed by atoms with Gasteiger partial charge >= 0.3 is 5.97 Å². The Morgan fingerprint density at radius 1 is 1.17 bits per heavy atom. The van der Waals surface area contributed by atoms with Gasteiger partial charge in [0.2, 0.25) is 0 Å². The first-order valence-corrected chi connectivity index (χ1v) is 7.76. The Labute approximate surface area is 144 Å². The van der Waals surface area contributed by atoms with Gasteiger partial charge in [0.25, 0.3) is 0 Å². The van der Waals surface area contributed by atoms with Crippen molar-refractivity contribution in [3.8, 4) is 11.5 Å². The van der Waals surface area contributed by atoms with Crippen molar-refractivity contribution >= 4 is 28.5 Å². The maximum atomic E-state index is 11.4. The number of fused-ring (bicyclic) bond motifs is 1. The van der Waals surface area contributed by atoms with Crippen molar-refractivity contribution in [1.29, 1.82) is 0 Å². The fourth-order valence-corrected chi connectivity index (χ4v) is 2.92. The fourth-order valence-electron chi connectivity index (χ4n) is 2.65. The zero-order chi connectivity index (χ0) is 17.1. The summed E-state index contributed by atoms with van der Waals surface area (Å²) in [6.07, 6.45) is 1.59. The number of rotatable bonds is 6. The van der Waals surface area contributed by atoms with E-state index in [9.17, 15) is 9.90 Å². The monoisotopic (exact) mass is 345 g/mol. The zero-order valence-electron chi connectivity index (χ0n) is 13.0. The predicted octanol–water partition coefficient (Wildman–Crippen LogP) is 4.08. The molecule has 1 aromatic heterocycles. The first-order valence-electron chi connectivity index (χ1n) is 7.38. The summed E-state index contributed by atoms with van der Waals surface area (Å²) in [7, 11) is 1.59. The van der Waals surface area contributed by atoms with Crippen LogP contribution < -0.4 is 9.47 Å². The quantitative estimate of drug-likeness (QED) is 0.731. The van der Waals surface area contributed by atoms with Crippen molar-refractivity contribution in [3.63, 3.8) is 0 Å². The molecule has 0 fully saturated rings. The van der Waals surface area contributed by atoms with E-state index in [1.807, 2.05) is 34.9 Å².